The molecule has 7 heteroatoms. The molecule has 0 spiro atoms. The molecule has 132 valence electrons. The Morgan fingerprint density at radius 1 is 1.21 bits per heavy atom. The largest absolute Gasteiger partial charge is 0.434 e. The normalized spacial score (nSPS) is 12.4. The molecule has 1 aromatic heterocycles. The molecule has 0 aliphatic rings. The van der Waals surface area contributed by atoms with Crippen LogP contribution in [0.15, 0.2) is 24.4 Å². The summed E-state index contributed by atoms with van der Waals surface area (Å²) in [4.78, 5) is 5.84. The van der Waals surface area contributed by atoms with Crippen molar-refractivity contribution in [1.29, 1.82) is 0 Å². The third-order valence-corrected chi connectivity index (χ3v) is 3.75. The second-order valence-corrected chi connectivity index (χ2v) is 6.37. The van der Waals surface area contributed by atoms with Crippen LogP contribution >= 0.6 is 0 Å². The summed E-state index contributed by atoms with van der Waals surface area (Å²) in [5.74, 6) is 0.320. The highest BCUT2D eigenvalue weighted by molar-refractivity contribution is 5.59. The molecule has 0 saturated carbocycles. The minimum Gasteiger partial charge on any atom is -0.328 e. The minimum atomic E-state index is -4.46. The summed E-state index contributed by atoms with van der Waals surface area (Å²) in [5, 5.41) is 0. The summed E-state index contributed by atoms with van der Waals surface area (Å²) in [6.45, 7) is 4.71. The number of nitrogens with zero attached hydrogens (tertiary/aromatic N) is 3. The highest BCUT2D eigenvalue weighted by Gasteiger charge is 2.35. The molecule has 0 bridgehead atoms. The van der Waals surface area contributed by atoms with Crippen LogP contribution in [-0.2, 0) is 19.3 Å². The predicted molar refractivity (Wildman–Crippen MR) is 88.3 cm³/mol. The van der Waals surface area contributed by atoms with Gasteiger partial charge in [-0.15, -0.1) is 0 Å². The summed E-state index contributed by atoms with van der Waals surface area (Å²) in [5.41, 5.74) is 7.53. The van der Waals surface area contributed by atoms with Gasteiger partial charge in [-0.05, 0) is 45.1 Å². The lowest BCUT2D eigenvalue weighted by Crippen LogP contribution is -2.14. The Kier molecular flexibility index (Phi) is 5.35. The fourth-order valence-corrected chi connectivity index (χ4v) is 2.59. The Balaban J connectivity index is 2.56. The van der Waals surface area contributed by atoms with E-state index >= 15 is 0 Å². The van der Waals surface area contributed by atoms with Gasteiger partial charge < -0.3 is 15.2 Å². The average Bonchev–Trinajstić information content (AvgIpc) is 2.92. The number of imidazole rings is 1. The molecule has 0 radical (unpaired) electrons. The number of hydrogen-bond donors (Lipinski definition) is 1. The van der Waals surface area contributed by atoms with Crippen molar-refractivity contribution in [2.24, 2.45) is 5.73 Å². The number of rotatable bonds is 5. The van der Waals surface area contributed by atoms with E-state index in [0.717, 1.165) is 17.3 Å². The van der Waals surface area contributed by atoms with E-state index < -0.39 is 11.9 Å². The molecule has 0 amide bonds. The predicted octanol–water partition coefficient (Wildman–Crippen LogP) is 3.67. The lowest BCUT2D eigenvalue weighted by Gasteiger charge is -2.16. The summed E-state index contributed by atoms with van der Waals surface area (Å²) in [6.07, 6.45) is -3.39. The summed E-state index contributed by atoms with van der Waals surface area (Å²) in [7, 11) is 3.87. The van der Waals surface area contributed by atoms with Gasteiger partial charge in [0.15, 0.2) is 5.69 Å². The lowest BCUT2D eigenvalue weighted by molar-refractivity contribution is -0.140. The second-order valence-electron chi connectivity index (χ2n) is 6.37. The van der Waals surface area contributed by atoms with Crippen molar-refractivity contribution in [1.82, 2.24) is 14.5 Å². The van der Waals surface area contributed by atoms with E-state index in [1.54, 1.807) is 10.6 Å². The van der Waals surface area contributed by atoms with Gasteiger partial charge >= 0.3 is 6.18 Å². The van der Waals surface area contributed by atoms with Crippen LogP contribution in [0.1, 0.15) is 36.7 Å². The van der Waals surface area contributed by atoms with Crippen molar-refractivity contribution >= 4 is 0 Å². The Bertz CT molecular complexity index is 702. The highest BCUT2D eigenvalue weighted by Crippen LogP contribution is 2.33. The first-order chi connectivity index (χ1) is 11.1. The maximum absolute atomic E-state index is 13.0. The Labute approximate surface area is 140 Å². The summed E-state index contributed by atoms with van der Waals surface area (Å²) in [6, 6.07) is 5.39. The van der Waals surface area contributed by atoms with E-state index in [1.165, 1.54) is 0 Å². The van der Waals surface area contributed by atoms with E-state index in [9.17, 15) is 13.2 Å². The van der Waals surface area contributed by atoms with Crippen LogP contribution in [0.5, 0.6) is 0 Å². The van der Waals surface area contributed by atoms with Gasteiger partial charge in [0, 0.05) is 30.9 Å². The maximum Gasteiger partial charge on any atom is 0.434 e. The van der Waals surface area contributed by atoms with E-state index in [4.69, 9.17) is 5.73 Å². The van der Waals surface area contributed by atoms with Gasteiger partial charge in [0.2, 0.25) is 0 Å². The molecule has 2 rings (SSSR count). The van der Waals surface area contributed by atoms with Gasteiger partial charge in [-0.1, -0.05) is 12.1 Å². The number of benzene rings is 1. The molecule has 1 aromatic carbocycles. The van der Waals surface area contributed by atoms with Crippen molar-refractivity contribution < 1.29 is 13.2 Å². The number of halogens is 3. The minimum absolute atomic E-state index is 0.130. The smallest absolute Gasteiger partial charge is 0.328 e. The molecule has 0 unspecified atom stereocenters. The van der Waals surface area contributed by atoms with Gasteiger partial charge in [0.1, 0.15) is 5.82 Å². The molecule has 0 aliphatic carbocycles. The number of aromatic nitrogens is 2. The molecule has 2 aromatic rings. The molecular formula is C17H23F3N4. The second kappa shape index (κ2) is 6.94. The number of hydrogen-bond acceptors (Lipinski definition) is 3. The first kappa shape index (κ1) is 18.5. The first-order valence-corrected chi connectivity index (χ1v) is 7.76. The quantitative estimate of drug-likeness (QED) is 0.903. The zero-order chi connectivity index (χ0) is 18.1. The van der Waals surface area contributed by atoms with Crippen molar-refractivity contribution in [2.75, 3.05) is 14.1 Å². The van der Waals surface area contributed by atoms with Gasteiger partial charge in [-0.2, -0.15) is 13.2 Å². The van der Waals surface area contributed by atoms with E-state index in [0.29, 0.717) is 24.5 Å². The van der Waals surface area contributed by atoms with E-state index in [-0.39, 0.29) is 6.04 Å². The van der Waals surface area contributed by atoms with Crippen LogP contribution < -0.4 is 5.73 Å². The molecule has 4 nitrogen and oxygen atoms in total. The van der Waals surface area contributed by atoms with Gasteiger partial charge in [-0.3, -0.25) is 0 Å². The lowest BCUT2D eigenvalue weighted by atomic mass is 10.0. The maximum atomic E-state index is 13.0. The van der Waals surface area contributed by atoms with Crippen LogP contribution in [-0.4, -0.2) is 28.5 Å². The van der Waals surface area contributed by atoms with Crippen molar-refractivity contribution in [2.45, 2.75) is 39.2 Å². The van der Waals surface area contributed by atoms with E-state index in [2.05, 4.69) is 4.98 Å². The third kappa shape index (κ3) is 3.96. The summed E-state index contributed by atoms with van der Waals surface area (Å²) >= 11 is 0. The highest BCUT2D eigenvalue weighted by atomic mass is 19.4. The molecular weight excluding hydrogens is 317 g/mol. The van der Waals surface area contributed by atoms with Gasteiger partial charge in [0.25, 0.3) is 0 Å². The molecule has 0 fully saturated rings. The van der Waals surface area contributed by atoms with E-state index in [1.807, 2.05) is 45.0 Å². The molecule has 0 atom stereocenters. The molecule has 2 N–H and O–H groups in total. The molecule has 24 heavy (non-hydrogen) atoms. The fourth-order valence-electron chi connectivity index (χ4n) is 2.59. The molecule has 1 heterocycles. The Morgan fingerprint density at radius 3 is 2.38 bits per heavy atom. The Hall–Kier alpha value is -1.86. The van der Waals surface area contributed by atoms with Crippen molar-refractivity contribution in [3.8, 4) is 11.4 Å². The summed E-state index contributed by atoms with van der Waals surface area (Å²) < 4.78 is 40.6. The standard InChI is InChI=1S/C17H23F3N4/c1-11(2)24-10-15(17(18,19)20)22-16(24)12-5-6-13(8-21)14(7-12)9-23(3)4/h5-7,10-11H,8-9,21H2,1-4H3. The van der Waals surface area contributed by atoms with Crippen LogP contribution in [0.25, 0.3) is 11.4 Å². The topological polar surface area (TPSA) is 47.1 Å². The molecule has 0 aliphatic heterocycles. The monoisotopic (exact) mass is 340 g/mol. The Morgan fingerprint density at radius 2 is 1.88 bits per heavy atom. The third-order valence-electron chi connectivity index (χ3n) is 3.75. The number of nitrogens with two attached hydrogens (primary N) is 1. The van der Waals surface area contributed by atoms with Crippen molar-refractivity contribution in [3.05, 3.63) is 41.2 Å². The first-order valence-electron chi connectivity index (χ1n) is 7.76. The zero-order valence-corrected chi connectivity index (χ0v) is 14.4. The average molecular weight is 340 g/mol. The van der Waals surface area contributed by atoms with Gasteiger partial charge in [0.05, 0.1) is 0 Å². The zero-order valence-electron chi connectivity index (χ0n) is 14.4. The SMILES string of the molecule is CC(C)n1cc(C(F)(F)F)nc1-c1ccc(CN)c(CN(C)C)c1. The van der Waals surface area contributed by atoms with Gasteiger partial charge in [-0.25, -0.2) is 4.98 Å². The fraction of sp³-hybridized carbons (Fsp3) is 0.471. The van der Waals surface area contributed by atoms with Crippen LogP contribution in [0.2, 0.25) is 0 Å². The number of alkyl halides is 3. The van der Waals surface area contributed by atoms with Crippen LogP contribution in [0.3, 0.4) is 0 Å². The molecule has 0 saturated heterocycles. The van der Waals surface area contributed by atoms with Crippen LogP contribution in [0.4, 0.5) is 13.2 Å². The van der Waals surface area contributed by atoms with Crippen LogP contribution in [0, 0.1) is 0 Å². The van der Waals surface area contributed by atoms with Crippen molar-refractivity contribution in [3.63, 3.8) is 0 Å².